The number of anilines is 1. The van der Waals surface area contributed by atoms with Crippen LogP contribution in [-0.4, -0.2) is 16.2 Å². The first-order valence-corrected chi connectivity index (χ1v) is 9.93. The van der Waals surface area contributed by atoms with Crippen molar-refractivity contribution in [2.75, 3.05) is 5.01 Å². The Kier molecular flexibility index (Phi) is 5.07. The monoisotopic (exact) mass is 423 g/mol. The van der Waals surface area contributed by atoms with Gasteiger partial charge in [-0.05, 0) is 68.8 Å². The molecule has 2 aromatic carbocycles. The summed E-state index contributed by atoms with van der Waals surface area (Å²) >= 11 is 12.6. The minimum atomic E-state index is -0.140. The summed E-state index contributed by atoms with van der Waals surface area (Å²) in [7, 11) is 0. The highest BCUT2D eigenvalue weighted by Gasteiger charge is 2.29. The number of aryl methyl sites for hydroxylation is 1. The molecule has 3 aromatic rings. The standard InChI is InChI=1S/C23H19Cl2N3O/c1-14-11-17(16(3)27(14)22-13-18(24)9-10-21(22)25)12-20-15(2)26-28(23(20)29)19-7-5-4-6-8-19/h4-13H,1-3H3. The largest absolute Gasteiger partial charge is 0.316 e. The van der Waals surface area contributed by atoms with E-state index in [-0.39, 0.29) is 5.91 Å². The zero-order valence-corrected chi connectivity index (χ0v) is 17.8. The van der Waals surface area contributed by atoms with E-state index in [4.69, 9.17) is 23.2 Å². The Labute approximate surface area is 179 Å². The number of benzene rings is 2. The van der Waals surface area contributed by atoms with E-state index >= 15 is 0 Å². The van der Waals surface area contributed by atoms with Crippen LogP contribution in [0.3, 0.4) is 0 Å². The molecule has 6 heteroatoms. The van der Waals surface area contributed by atoms with Gasteiger partial charge in [-0.25, -0.2) is 0 Å². The summed E-state index contributed by atoms with van der Waals surface area (Å²) in [6, 6.07) is 16.8. The molecule has 0 saturated carbocycles. The van der Waals surface area contributed by atoms with Crippen molar-refractivity contribution in [2.45, 2.75) is 20.8 Å². The van der Waals surface area contributed by atoms with Gasteiger partial charge in [-0.3, -0.25) is 4.79 Å². The quantitative estimate of drug-likeness (QED) is 0.461. The Bertz CT molecular complexity index is 1180. The van der Waals surface area contributed by atoms with Crippen LogP contribution in [0.4, 0.5) is 5.69 Å². The number of hydrogen-bond acceptors (Lipinski definition) is 2. The van der Waals surface area contributed by atoms with E-state index in [2.05, 4.69) is 5.10 Å². The maximum absolute atomic E-state index is 13.0. The van der Waals surface area contributed by atoms with E-state index in [9.17, 15) is 4.79 Å². The van der Waals surface area contributed by atoms with Crippen LogP contribution in [0.15, 0.2) is 65.3 Å². The number of hydrazone groups is 1. The molecule has 0 atom stereocenters. The van der Waals surface area contributed by atoms with E-state index in [0.29, 0.717) is 21.3 Å². The number of rotatable bonds is 3. The number of amides is 1. The fraction of sp³-hybridized carbons (Fsp3) is 0.130. The van der Waals surface area contributed by atoms with E-state index in [1.54, 1.807) is 12.1 Å². The third kappa shape index (κ3) is 3.50. The molecule has 1 aliphatic heterocycles. The van der Waals surface area contributed by atoms with E-state index < -0.39 is 0 Å². The molecule has 0 fully saturated rings. The molecule has 4 nitrogen and oxygen atoms in total. The van der Waals surface area contributed by atoms with Crippen molar-refractivity contribution < 1.29 is 4.79 Å². The lowest BCUT2D eigenvalue weighted by molar-refractivity contribution is -0.114. The van der Waals surface area contributed by atoms with Gasteiger partial charge in [0.15, 0.2) is 0 Å². The van der Waals surface area contributed by atoms with Gasteiger partial charge in [0.1, 0.15) is 0 Å². The Hall–Kier alpha value is -2.82. The smallest absolute Gasteiger partial charge is 0.280 e. The molecule has 2 heterocycles. The van der Waals surface area contributed by atoms with Gasteiger partial charge in [0, 0.05) is 16.4 Å². The summed E-state index contributed by atoms with van der Waals surface area (Å²) in [6.07, 6.45) is 1.89. The number of hydrogen-bond donors (Lipinski definition) is 0. The van der Waals surface area contributed by atoms with Crippen LogP contribution in [-0.2, 0) is 4.79 Å². The van der Waals surface area contributed by atoms with Gasteiger partial charge in [0.2, 0.25) is 0 Å². The minimum absolute atomic E-state index is 0.140. The normalized spacial score (nSPS) is 15.3. The maximum atomic E-state index is 13.0. The lowest BCUT2D eigenvalue weighted by atomic mass is 10.1. The molecular formula is C23H19Cl2N3O. The third-order valence-electron chi connectivity index (χ3n) is 4.98. The topological polar surface area (TPSA) is 37.6 Å². The van der Waals surface area contributed by atoms with Crippen molar-refractivity contribution in [1.82, 2.24) is 4.57 Å². The summed E-state index contributed by atoms with van der Waals surface area (Å²) in [5.74, 6) is -0.140. The van der Waals surface area contributed by atoms with Crippen LogP contribution >= 0.6 is 23.2 Å². The van der Waals surface area contributed by atoms with Crippen LogP contribution < -0.4 is 5.01 Å². The summed E-state index contributed by atoms with van der Waals surface area (Å²) < 4.78 is 2.04. The van der Waals surface area contributed by atoms with Crippen LogP contribution in [0.5, 0.6) is 0 Å². The molecule has 0 unspecified atom stereocenters. The third-order valence-corrected chi connectivity index (χ3v) is 5.54. The first kappa shape index (κ1) is 19.5. The molecule has 0 spiro atoms. The minimum Gasteiger partial charge on any atom is -0.316 e. The molecule has 0 saturated heterocycles. The lowest BCUT2D eigenvalue weighted by Gasteiger charge is -2.12. The number of carbonyl (C=O) groups excluding carboxylic acids is 1. The number of nitrogens with zero attached hydrogens (tertiary/aromatic N) is 3. The highest BCUT2D eigenvalue weighted by atomic mass is 35.5. The average molecular weight is 424 g/mol. The molecule has 1 aliphatic rings. The molecule has 0 radical (unpaired) electrons. The number of carbonyl (C=O) groups is 1. The van der Waals surface area contributed by atoms with Crippen molar-refractivity contribution in [3.63, 3.8) is 0 Å². The summed E-state index contributed by atoms with van der Waals surface area (Å²) in [5, 5.41) is 7.11. The van der Waals surface area contributed by atoms with Crippen molar-refractivity contribution in [3.05, 3.63) is 87.2 Å². The summed E-state index contributed by atoms with van der Waals surface area (Å²) in [6.45, 7) is 5.84. The fourth-order valence-electron chi connectivity index (χ4n) is 3.55. The first-order valence-electron chi connectivity index (χ1n) is 9.18. The SMILES string of the molecule is CC1=NN(c2ccccc2)C(=O)C1=Cc1cc(C)n(-c2cc(Cl)ccc2Cl)c1C. The zero-order valence-electron chi connectivity index (χ0n) is 16.3. The van der Waals surface area contributed by atoms with Crippen LogP contribution in [0.1, 0.15) is 23.9 Å². The number of aromatic nitrogens is 1. The van der Waals surface area contributed by atoms with Gasteiger partial charge in [-0.1, -0.05) is 41.4 Å². The molecule has 0 aliphatic carbocycles. The van der Waals surface area contributed by atoms with E-state index in [1.807, 2.05) is 73.9 Å². The second kappa shape index (κ2) is 7.54. The molecule has 4 rings (SSSR count). The van der Waals surface area contributed by atoms with Gasteiger partial charge >= 0.3 is 0 Å². The van der Waals surface area contributed by atoms with Crippen LogP contribution in [0.2, 0.25) is 10.0 Å². The predicted octanol–water partition coefficient (Wildman–Crippen LogP) is 6.21. The Morgan fingerprint density at radius 2 is 1.69 bits per heavy atom. The highest BCUT2D eigenvalue weighted by molar-refractivity contribution is 6.34. The van der Waals surface area contributed by atoms with Crippen molar-refractivity contribution in [1.29, 1.82) is 0 Å². The Morgan fingerprint density at radius 1 is 0.966 bits per heavy atom. The van der Waals surface area contributed by atoms with Crippen LogP contribution in [0, 0.1) is 13.8 Å². The zero-order chi connectivity index (χ0) is 20.7. The maximum Gasteiger partial charge on any atom is 0.280 e. The highest BCUT2D eigenvalue weighted by Crippen LogP contribution is 2.31. The molecule has 1 amide bonds. The Morgan fingerprint density at radius 3 is 2.41 bits per heavy atom. The van der Waals surface area contributed by atoms with Crippen LogP contribution in [0.25, 0.3) is 11.8 Å². The van der Waals surface area contributed by atoms with Gasteiger partial charge in [0.25, 0.3) is 5.91 Å². The molecule has 0 N–H and O–H groups in total. The van der Waals surface area contributed by atoms with Gasteiger partial charge in [-0.2, -0.15) is 10.1 Å². The molecule has 146 valence electrons. The predicted molar refractivity (Wildman–Crippen MR) is 120 cm³/mol. The van der Waals surface area contributed by atoms with Gasteiger partial charge < -0.3 is 4.57 Å². The fourth-order valence-corrected chi connectivity index (χ4v) is 3.91. The van der Waals surface area contributed by atoms with Crippen molar-refractivity contribution in [2.24, 2.45) is 5.10 Å². The second-order valence-electron chi connectivity index (χ2n) is 6.95. The number of halogens is 2. The van der Waals surface area contributed by atoms with E-state index in [0.717, 1.165) is 28.3 Å². The Balaban J connectivity index is 1.76. The number of para-hydroxylation sites is 1. The molecule has 0 bridgehead atoms. The molecular weight excluding hydrogens is 405 g/mol. The summed E-state index contributed by atoms with van der Waals surface area (Å²) in [5.41, 5.74) is 5.72. The molecule has 29 heavy (non-hydrogen) atoms. The summed E-state index contributed by atoms with van der Waals surface area (Å²) in [4.78, 5) is 13.0. The second-order valence-corrected chi connectivity index (χ2v) is 7.80. The van der Waals surface area contributed by atoms with Crippen molar-refractivity contribution in [3.8, 4) is 5.69 Å². The first-order chi connectivity index (χ1) is 13.9. The van der Waals surface area contributed by atoms with Crippen molar-refractivity contribution >= 4 is 46.6 Å². The van der Waals surface area contributed by atoms with Gasteiger partial charge in [0.05, 0.1) is 27.7 Å². The van der Waals surface area contributed by atoms with Gasteiger partial charge in [-0.15, -0.1) is 0 Å². The average Bonchev–Trinajstić information content (AvgIpc) is 3.14. The lowest BCUT2D eigenvalue weighted by Crippen LogP contribution is -2.21. The molecule has 1 aromatic heterocycles. The van der Waals surface area contributed by atoms with E-state index in [1.165, 1.54) is 5.01 Å².